The summed E-state index contributed by atoms with van der Waals surface area (Å²) < 4.78 is 0. The van der Waals surface area contributed by atoms with Crippen molar-refractivity contribution < 1.29 is 0 Å². The van der Waals surface area contributed by atoms with Gasteiger partial charge < -0.3 is 4.98 Å². The van der Waals surface area contributed by atoms with Gasteiger partial charge in [-0.25, -0.2) is 0 Å². The van der Waals surface area contributed by atoms with Crippen LogP contribution in [0, 0.1) is 0 Å². The Balaban J connectivity index is 3.21. The van der Waals surface area contributed by atoms with E-state index in [2.05, 4.69) is 25.8 Å². The first-order chi connectivity index (χ1) is 4.85. The first kappa shape index (κ1) is 10.2. The van der Waals surface area contributed by atoms with Gasteiger partial charge in [0.25, 0.3) is 0 Å². The average molecular weight is 159 g/mol. The van der Waals surface area contributed by atoms with Crippen LogP contribution in [0.3, 0.4) is 0 Å². The maximum Gasteiger partial charge on any atom is 0.108 e. The predicted octanol–water partition coefficient (Wildman–Crippen LogP) is 2.14. The highest BCUT2D eigenvalue weighted by molar-refractivity contribution is 6.55. The highest BCUT2D eigenvalue weighted by Gasteiger charge is 2.03. The standard InChI is InChI=1S/C8H21NSi/c1-4-7-8-10(6-3)9-5-2/h9-10H,4-8H2,1-3H3. The van der Waals surface area contributed by atoms with Crippen molar-refractivity contribution in [1.82, 2.24) is 4.98 Å². The lowest BCUT2D eigenvalue weighted by Crippen LogP contribution is -2.32. The molecule has 0 aromatic rings. The van der Waals surface area contributed by atoms with Gasteiger partial charge in [-0.2, -0.15) is 0 Å². The van der Waals surface area contributed by atoms with Crippen molar-refractivity contribution in [3.8, 4) is 0 Å². The zero-order chi connectivity index (χ0) is 7.82. The lowest BCUT2D eigenvalue weighted by Gasteiger charge is -2.12. The minimum atomic E-state index is -0.481. The van der Waals surface area contributed by atoms with E-state index in [0.29, 0.717) is 0 Å². The van der Waals surface area contributed by atoms with Crippen LogP contribution >= 0.6 is 0 Å². The molecule has 0 radical (unpaired) electrons. The molecule has 0 aliphatic heterocycles. The van der Waals surface area contributed by atoms with Gasteiger partial charge in [-0.15, -0.1) is 0 Å². The maximum atomic E-state index is 3.61. The molecule has 1 unspecified atom stereocenters. The molecular weight excluding hydrogens is 138 g/mol. The summed E-state index contributed by atoms with van der Waals surface area (Å²) in [6.07, 6.45) is 2.78. The fourth-order valence-electron chi connectivity index (χ4n) is 1.19. The quantitative estimate of drug-likeness (QED) is 0.586. The Labute approximate surface area is 66.9 Å². The number of nitrogens with one attached hydrogen (secondary N) is 1. The number of hydrogen-bond donors (Lipinski definition) is 1. The van der Waals surface area contributed by atoms with Gasteiger partial charge in [0.2, 0.25) is 0 Å². The molecule has 1 nitrogen and oxygen atoms in total. The molecule has 10 heavy (non-hydrogen) atoms. The third-order valence-corrected chi connectivity index (χ3v) is 4.97. The minimum Gasteiger partial charge on any atom is -0.340 e. The van der Waals surface area contributed by atoms with Crippen molar-refractivity contribution in [1.29, 1.82) is 0 Å². The largest absolute Gasteiger partial charge is 0.340 e. The van der Waals surface area contributed by atoms with Crippen LogP contribution in [-0.2, 0) is 0 Å². The van der Waals surface area contributed by atoms with Gasteiger partial charge in [-0.05, 0) is 18.6 Å². The van der Waals surface area contributed by atoms with Crippen LogP contribution < -0.4 is 4.98 Å². The number of rotatable bonds is 6. The molecule has 0 saturated heterocycles. The van der Waals surface area contributed by atoms with Gasteiger partial charge in [-0.3, -0.25) is 0 Å². The van der Waals surface area contributed by atoms with E-state index in [1.165, 1.54) is 31.5 Å². The van der Waals surface area contributed by atoms with E-state index < -0.39 is 8.96 Å². The van der Waals surface area contributed by atoms with Gasteiger partial charge in [0.1, 0.15) is 8.96 Å². The van der Waals surface area contributed by atoms with E-state index in [0.717, 1.165) is 0 Å². The molecular formula is C8H21NSi. The number of hydrogen-bond acceptors (Lipinski definition) is 1. The molecule has 0 fully saturated rings. The smallest absolute Gasteiger partial charge is 0.108 e. The molecule has 2 heteroatoms. The molecule has 0 aliphatic carbocycles. The molecule has 0 spiro atoms. The van der Waals surface area contributed by atoms with Gasteiger partial charge in [0.15, 0.2) is 0 Å². The normalized spacial score (nSPS) is 13.5. The summed E-state index contributed by atoms with van der Waals surface area (Å²) in [5.74, 6) is 0. The Morgan fingerprint density at radius 2 is 1.90 bits per heavy atom. The summed E-state index contributed by atoms with van der Waals surface area (Å²) in [6.45, 7) is 7.97. The molecule has 62 valence electrons. The van der Waals surface area contributed by atoms with Crippen LogP contribution in [0.1, 0.15) is 33.6 Å². The van der Waals surface area contributed by atoms with Crippen molar-refractivity contribution in [2.45, 2.75) is 45.7 Å². The molecule has 0 aromatic heterocycles. The van der Waals surface area contributed by atoms with Gasteiger partial charge in [0, 0.05) is 0 Å². The zero-order valence-corrected chi connectivity index (χ0v) is 8.77. The highest BCUT2D eigenvalue weighted by Crippen LogP contribution is 2.01. The molecule has 0 aliphatic rings. The van der Waals surface area contributed by atoms with Crippen molar-refractivity contribution in [3.05, 3.63) is 0 Å². The Morgan fingerprint density at radius 3 is 2.30 bits per heavy atom. The monoisotopic (exact) mass is 159 g/mol. The van der Waals surface area contributed by atoms with E-state index in [-0.39, 0.29) is 0 Å². The summed E-state index contributed by atoms with van der Waals surface area (Å²) in [6, 6.07) is 2.90. The Morgan fingerprint density at radius 1 is 1.20 bits per heavy atom. The fraction of sp³-hybridized carbons (Fsp3) is 1.00. The van der Waals surface area contributed by atoms with Gasteiger partial charge >= 0.3 is 0 Å². The SMILES string of the molecule is CCCC[SiH](CC)NCC. The maximum absolute atomic E-state index is 3.61. The van der Waals surface area contributed by atoms with Crippen LogP contribution in [0.25, 0.3) is 0 Å². The second-order valence-corrected chi connectivity index (χ2v) is 6.00. The van der Waals surface area contributed by atoms with E-state index in [9.17, 15) is 0 Å². The molecule has 0 saturated carbocycles. The Hall–Kier alpha value is 0.177. The van der Waals surface area contributed by atoms with E-state index in [4.69, 9.17) is 0 Å². The zero-order valence-electron chi connectivity index (χ0n) is 7.61. The molecule has 0 bridgehead atoms. The minimum absolute atomic E-state index is 0.481. The topological polar surface area (TPSA) is 12.0 Å². The second-order valence-electron chi connectivity index (χ2n) is 2.81. The van der Waals surface area contributed by atoms with E-state index in [1.54, 1.807) is 0 Å². The second kappa shape index (κ2) is 7.29. The summed E-state index contributed by atoms with van der Waals surface area (Å²) in [5, 5.41) is 0. The molecule has 0 heterocycles. The average Bonchev–Trinajstić information content (AvgIpc) is 1.98. The van der Waals surface area contributed by atoms with Crippen LogP contribution in [0.5, 0.6) is 0 Å². The molecule has 0 amide bonds. The molecule has 0 aromatic carbocycles. The van der Waals surface area contributed by atoms with E-state index in [1.807, 2.05) is 0 Å². The predicted molar refractivity (Wildman–Crippen MR) is 51.0 cm³/mol. The van der Waals surface area contributed by atoms with Crippen LogP contribution in [0.2, 0.25) is 12.1 Å². The summed E-state index contributed by atoms with van der Waals surface area (Å²) >= 11 is 0. The van der Waals surface area contributed by atoms with Crippen LogP contribution in [0.15, 0.2) is 0 Å². The lowest BCUT2D eigenvalue weighted by molar-refractivity contribution is 0.847. The third-order valence-electron chi connectivity index (χ3n) is 1.89. The fourth-order valence-corrected chi connectivity index (χ4v) is 3.57. The van der Waals surface area contributed by atoms with Crippen molar-refractivity contribution in [2.24, 2.45) is 0 Å². The molecule has 1 atom stereocenters. The lowest BCUT2D eigenvalue weighted by atomic mass is 10.4. The third kappa shape index (κ3) is 5.00. The van der Waals surface area contributed by atoms with E-state index >= 15 is 0 Å². The van der Waals surface area contributed by atoms with Crippen LogP contribution in [0.4, 0.5) is 0 Å². The summed E-state index contributed by atoms with van der Waals surface area (Å²) in [5.41, 5.74) is 0. The highest BCUT2D eigenvalue weighted by atomic mass is 28.3. The number of unbranched alkanes of at least 4 members (excludes halogenated alkanes) is 1. The first-order valence-electron chi connectivity index (χ1n) is 4.58. The molecule has 0 rings (SSSR count). The summed E-state index contributed by atoms with van der Waals surface area (Å²) in [7, 11) is -0.481. The van der Waals surface area contributed by atoms with Crippen molar-refractivity contribution in [2.75, 3.05) is 6.54 Å². The summed E-state index contributed by atoms with van der Waals surface area (Å²) in [4.78, 5) is 3.61. The Kier molecular flexibility index (Phi) is 7.41. The Bertz CT molecular complexity index is 66.3. The first-order valence-corrected chi connectivity index (χ1v) is 6.79. The van der Waals surface area contributed by atoms with Crippen molar-refractivity contribution >= 4 is 8.96 Å². The van der Waals surface area contributed by atoms with Crippen molar-refractivity contribution in [3.63, 3.8) is 0 Å². The van der Waals surface area contributed by atoms with Gasteiger partial charge in [0.05, 0.1) is 0 Å². The van der Waals surface area contributed by atoms with Gasteiger partial charge in [-0.1, -0.05) is 33.6 Å². The molecule has 1 N–H and O–H groups in total. The van der Waals surface area contributed by atoms with Crippen LogP contribution in [-0.4, -0.2) is 15.5 Å².